The molecule has 0 heterocycles. The second-order valence-electron chi connectivity index (χ2n) is 3.05. The third-order valence-electron chi connectivity index (χ3n) is 0.200. The van der Waals surface area contributed by atoms with Gasteiger partial charge >= 0.3 is 118 Å². The summed E-state index contributed by atoms with van der Waals surface area (Å²) in [6.07, 6.45) is 0. The summed E-state index contributed by atoms with van der Waals surface area (Å²) >= 11 is 0. The van der Waals surface area contributed by atoms with E-state index < -0.39 is 39.5 Å². The molecule has 0 radical (unpaired) electrons. The van der Waals surface area contributed by atoms with Gasteiger partial charge in [-0.1, -0.05) is 0 Å². The maximum Gasteiger partial charge on any atom is 1.00 e. The molecule has 4 N–H and O–H groups in total. The molecule has 0 aromatic heterocycles. The SMILES string of the molecule is CC(=O)O.CC(=O)O.CC(=O)O.CC(=O)O.O=P([O-])([O-])OP(=O)([O-])[O-].[Na+].[Na+].[Na+].[Na+]. The van der Waals surface area contributed by atoms with Crippen molar-refractivity contribution >= 4 is 39.5 Å². The van der Waals surface area contributed by atoms with Crippen molar-refractivity contribution in [2.75, 3.05) is 0 Å². The number of hydrogen-bond acceptors (Lipinski definition) is 11. The fourth-order valence-electron chi connectivity index (χ4n) is 0.122. The van der Waals surface area contributed by atoms with Crippen LogP contribution in [0.2, 0.25) is 0 Å². The zero-order chi connectivity index (χ0) is 22.0. The summed E-state index contributed by atoms with van der Waals surface area (Å²) in [6, 6.07) is 0. The van der Waals surface area contributed by atoms with Crippen molar-refractivity contribution in [1.82, 2.24) is 0 Å². The number of carboxylic acid groups (broad SMARTS) is 4. The predicted molar refractivity (Wildman–Crippen MR) is 69.5 cm³/mol. The van der Waals surface area contributed by atoms with Crippen molar-refractivity contribution < 1.29 is 191 Å². The quantitative estimate of drug-likeness (QED) is 0.200. The maximum atomic E-state index is 9.32. The van der Waals surface area contributed by atoms with Gasteiger partial charge in [-0.15, -0.1) is 0 Å². The van der Waals surface area contributed by atoms with Crippen molar-refractivity contribution in [3.05, 3.63) is 0 Å². The van der Waals surface area contributed by atoms with E-state index in [1.807, 2.05) is 0 Å². The zero-order valence-corrected chi connectivity index (χ0v) is 27.0. The van der Waals surface area contributed by atoms with E-state index in [-0.39, 0.29) is 118 Å². The molecule has 0 unspecified atom stereocenters. The molecule has 0 saturated heterocycles. The molecule has 0 aromatic rings. The van der Waals surface area contributed by atoms with Crippen LogP contribution in [-0.4, -0.2) is 44.3 Å². The number of carbonyl (C=O) groups is 4. The van der Waals surface area contributed by atoms with Crippen LogP contribution in [0.15, 0.2) is 0 Å². The first kappa shape index (κ1) is 57.7. The van der Waals surface area contributed by atoms with E-state index >= 15 is 0 Å². The van der Waals surface area contributed by atoms with E-state index in [0.29, 0.717) is 0 Å². The van der Waals surface area contributed by atoms with Gasteiger partial charge in [0.15, 0.2) is 0 Å². The first-order valence-electron chi connectivity index (χ1n) is 5.17. The molecule has 0 aliphatic rings. The van der Waals surface area contributed by atoms with Crippen LogP contribution in [0.25, 0.3) is 0 Å². The summed E-state index contributed by atoms with van der Waals surface area (Å²) in [6.45, 7) is 4.33. The van der Waals surface area contributed by atoms with E-state index in [4.69, 9.17) is 39.6 Å². The third-order valence-corrected chi connectivity index (χ3v) is 1.80. The average Bonchev–Trinajstić information content (AvgIpc) is 2.04. The van der Waals surface area contributed by atoms with Gasteiger partial charge in [0.05, 0.1) is 15.6 Å². The Balaban J connectivity index is -0.0000000251. The van der Waals surface area contributed by atoms with Crippen LogP contribution in [0.3, 0.4) is 0 Å². The fourth-order valence-corrected chi connectivity index (χ4v) is 1.10. The molecule has 0 rings (SSSR count). The first-order valence-corrected chi connectivity index (χ1v) is 8.09. The molecule has 0 spiro atoms. The third kappa shape index (κ3) is 360. The summed E-state index contributed by atoms with van der Waals surface area (Å²) in [5.74, 6) is -3.33. The van der Waals surface area contributed by atoms with Crippen molar-refractivity contribution in [3.63, 3.8) is 0 Å². The van der Waals surface area contributed by atoms with Gasteiger partial charge in [-0.05, 0) is 0 Å². The summed E-state index contributed by atoms with van der Waals surface area (Å²) in [5, 5.41) is 29.7. The number of carboxylic acids is 4. The molecule has 0 aliphatic carbocycles. The largest absolute Gasteiger partial charge is 1.00 e. The molecule has 0 saturated carbocycles. The number of hydrogen-bond donors (Lipinski definition) is 4. The van der Waals surface area contributed by atoms with Crippen LogP contribution in [0.4, 0.5) is 0 Å². The van der Waals surface area contributed by atoms with Crippen LogP contribution >= 0.6 is 15.6 Å². The Bertz CT molecular complexity index is 419. The van der Waals surface area contributed by atoms with Crippen LogP contribution in [0.5, 0.6) is 0 Å². The molecule has 0 aromatic carbocycles. The van der Waals surface area contributed by atoms with Crippen LogP contribution in [-0.2, 0) is 32.6 Å². The molecular weight excluding hydrogens is 490 g/mol. The summed E-state index contributed by atoms with van der Waals surface area (Å²) < 4.78 is 21.2. The monoisotopic (exact) mass is 506 g/mol. The normalized spacial score (nSPS) is 7.72. The van der Waals surface area contributed by atoms with Crippen molar-refractivity contribution in [2.24, 2.45) is 0 Å². The Kier molecular flexibility index (Phi) is 69.1. The van der Waals surface area contributed by atoms with Gasteiger partial charge in [0.25, 0.3) is 23.9 Å². The molecule has 29 heavy (non-hydrogen) atoms. The van der Waals surface area contributed by atoms with Crippen LogP contribution < -0.4 is 138 Å². The van der Waals surface area contributed by atoms with Crippen LogP contribution in [0.1, 0.15) is 27.7 Å². The Morgan fingerprint density at radius 1 is 0.552 bits per heavy atom. The smallest absolute Gasteiger partial charge is 0.790 e. The number of phosphoric acid groups is 2. The summed E-state index contributed by atoms with van der Waals surface area (Å²) in [7, 11) is -11.4. The van der Waals surface area contributed by atoms with E-state index in [2.05, 4.69) is 4.31 Å². The molecule has 0 amide bonds. The molecule has 152 valence electrons. The van der Waals surface area contributed by atoms with Crippen LogP contribution in [0, 0.1) is 0 Å². The molecule has 0 aliphatic heterocycles. The minimum Gasteiger partial charge on any atom is -0.790 e. The van der Waals surface area contributed by atoms with E-state index in [1.165, 1.54) is 0 Å². The van der Waals surface area contributed by atoms with Crippen molar-refractivity contribution in [3.8, 4) is 0 Å². The van der Waals surface area contributed by atoms with E-state index in [0.717, 1.165) is 27.7 Å². The number of aliphatic carboxylic acids is 4. The topological polar surface area (TPSA) is 285 Å². The van der Waals surface area contributed by atoms with Gasteiger partial charge in [0.1, 0.15) is 0 Å². The van der Waals surface area contributed by atoms with Crippen molar-refractivity contribution in [1.29, 1.82) is 0 Å². The van der Waals surface area contributed by atoms with Gasteiger partial charge in [-0.25, -0.2) is 0 Å². The van der Waals surface area contributed by atoms with Gasteiger partial charge in [0.2, 0.25) is 0 Å². The predicted octanol–water partition coefficient (Wildman–Crippen LogP) is -15.0. The zero-order valence-electron chi connectivity index (χ0n) is 17.2. The minimum atomic E-state index is -5.68. The van der Waals surface area contributed by atoms with Crippen molar-refractivity contribution in [2.45, 2.75) is 27.7 Å². The molecule has 0 fully saturated rings. The molecule has 21 heteroatoms. The minimum absolute atomic E-state index is 0. The Morgan fingerprint density at radius 2 is 0.621 bits per heavy atom. The Hall–Kier alpha value is 2.14. The molecule has 15 nitrogen and oxygen atoms in total. The standard InChI is InChI=1S/4C2H4O2.4Na.H4O7P2/c4*1-2(3)4;;;;;1-8(2,3)7-9(4,5)6/h4*1H3,(H,3,4);;;;;(H2,1,2,3)(H2,4,5,6)/q;;;;4*+1;/p-4. The van der Waals surface area contributed by atoms with Gasteiger partial charge in [-0.2, -0.15) is 0 Å². The second kappa shape index (κ2) is 34.7. The summed E-state index contributed by atoms with van der Waals surface area (Å²) in [4.78, 5) is 73.3. The van der Waals surface area contributed by atoms with E-state index in [9.17, 15) is 28.7 Å². The fraction of sp³-hybridized carbons (Fsp3) is 0.500. The number of rotatable bonds is 2. The average molecular weight is 506 g/mol. The van der Waals surface area contributed by atoms with Gasteiger partial charge < -0.3 is 53.4 Å². The molecular formula is C8H16Na4O15P2. The first-order chi connectivity index (χ1) is 10.6. The van der Waals surface area contributed by atoms with Gasteiger partial charge in [-0.3, -0.25) is 19.2 Å². The molecule has 0 atom stereocenters. The van der Waals surface area contributed by atoms with Gasteiger partial charge in [0, 0.05) is 27.7 Å². The second-order valence-corrected chi connectivity index (χ2v) is 5.49. The summed E-state index contributed by atoms with van der Waals surface area (Å²) in [5.41, 5.74) is 0. The Labute approximate surface area is 254 Å². The maximum absolute atomic E-state index is 9.32. The molecule has 0 bridgehead atoms. The van der Waals surface area contributed by atoms with E-state index in [1.54, 1.807) is 0 Å². The Morgan fingerprint density at radius 3 is 0.621 bits per heavy atom.